The lowest BCUT2D eigenvalue weighted by molar-refractivity contribution is -0.119. The van der Waals surface area contributed by atoms with Crippen LogP contribution in [0.2, 0.25) is 5.02 Å². The largest absolute Gasteiger partial charge is 0.483 e. The van der Waals surface area contributed by atoms with Gasteiger partial charge in [-0.2, -0.15) is 0 Å². The molecule has 19 heavy (non-hydrogen) atoms. The Balaban J connectivity index is 0.00000324. The van der Waals surface area contributed by atoms with Crippen molar-refractivity contribution >= 4 is 29.9 Å². The Morgan fingerprint density at radius 3 is 2.84 bits per heavy atom. The number of methoxy groups -OCH3 is 1. The Morgan fingerprint density at radius 1 is 1.47 bits per heavy atom. The van der Waals surface area contributed by atoms with Crippen molar-refractivity contribution in [2.75, 3.05) is 26.9 Å². The molecular formula is C12H18Cl2N2O3. The number of primary amides is 1. The summed E-state index contributed by atoms with van der Waals surface area (Å²) in [4.78, 5) is 10.7. The number of hydrogen-bond acceptors (Lipinski definition) is 4. The second kappa shape index (κ2) is 9.86. The first-order valence-corrected chi connectivity index (χ1v) is 5.90. The maximum Gasteiger partial charge on any atom is 0.255 e. The summed E-state index contributed by atoms with van der Waals surface area (Å²) in [6, 6.07) is 5.22. The first kappa shape index (κ1) is 18.0. The van der Waals surface area contributed by atoms with Gasteiger partial charge in [-0.1, -0.05) is 11.6 Å². The van der Waals surface area contributed by atoms with Gasteiger partial charge in [0.15, 0.2) is 6.61 Å². The van der Waals surface area contributed by atoms with Crippen LogP contribution < -0.4 is 15.8 Å². The molecule has 1 rings (SSSR count). The van der Waals surface area contributed by atoms with E-state index in [0.717, 1.165) is 12.1 Å². The second-order valence-electron chi connectivity index (χ2n) is 3.68. The summed E-state index contributed by atoms with van der Waals surface area (Å²) < 4.78 is 10.2. The molecule has 0 aliphatic rings. The van der Waals surface area contributed by atoms with E-state index in [9.17, 15) is 4.79 Å². The van der Waals surface area contributed by atoms with E-state index < -0.39 is 5.91 Å². The van der Waals surface area contributed by atoms with E-state index in [1.807, 2.05) is 0 Å². The summed E-state index contributed by atoms with van der Waals surface area (Å²) in [5.41, 5.74) is 5.91. The van der Waals surface area contributed by atoms with Gasteiger partial charge in [0.25, 0.3) is 5.91 Å². The molecule has 1 aromatic rings. The molecule has 0 heterocycles. The van der Waals surface area contributed by atoms with Crippen LogP contribution in [0.4, 0.5) is 0 Å². The zero-order valence-corrected chi connectivity index (χ0v) is 12.2. The van der Waals surface area contributed by atoms with Crippen molar-refractivity contribution in [3.05, 3.63) is 28.8 Å². The highest BCUT2D eigenvalue weighted by Gasteiger charge is 2.06. The molecule has 108 valence electrons. The van der Waals surface area contributed by atoms with E-state index >= 15 is 0 Å². The van der Waals surface area contributed by atoms with E-state index in [1.165, 1.54) is 0 Å². The van der Waals surface area contributed by atoms with Gasteiger partial charge in [0.2, 0.25) is 0 Å². The number of ether oxygens (including phenoxy) is 2. The molecule has 0 aliphatic heterocycles. The average Bonchev–Trinajstić information content (AvgIpc) is 2.33. The summed E-state index contributed by atoms with van der Waals surface area (Å²) in [6.07, 6.45) is 0. The highest BCUT2D eigenvalue weighted by Crippen LogP contribution is 2.22. The number of halogens is 2. The highest BCUT2D eigenvalue weighted by atomic mass is 35.5. The van der Waals surface area contributed by atoms with E-state index in [4.69, 9.17) is 26.8 Å². The highest BCUT2D eigenvalue weighted by molar-refractivity contribution is 6.30. The molecule has 0 aliphatic carbocycles. The predicted molar refractivity (Wildman–Crippen MR) is 77.0 cm³/mol. The van der Waals surface area contributed by atoms with Gasteiger partial charge in [0, 0.05) is 30.8 Å². The van der Waals surface area contributed by atoms with Crippen molar-refractivity contribution in [1.82, 2.24) is 5.32 Å². The number of hydrogen-bond donors (Lipinski definition) is 2. The Morgan fingerprint density at radius 2 is 2.21 bits per heavy atom. The van der Waals surface area contributed by atoms with Gasteiger partial charge in [-0.05, 0) is 18.2 Å². The zero-order chi connectivity index (χ0) is 13.4. The van der Waals surface area contributed by atoms with Crippen LogP contribution in [0.1, 0.15) is 5.56 Å². The lowest BCUT2D eigenvalue weighted by Crippen LogP contribution is -2.22. The molecule has 0 radical (unpaired) electrons. The molecule has 1 aromatic carbocycles. The molecule has 3 N–H and O–H groups in total. The summed E-state index contributed by atoms with van der Waals surface area (Å²) >= 11 is 5.92. The third-order valence-corrected chi connectivity index (χ3v) is 2.43. The minimum atomic E-state index is -0.511. The minimum absolute atomic E-state index is 0. The Kier molecular flexibility index (Phi) is 9.34. The van der Waals surface area contributed by atoms with Crippen LogP contribution in [0.5, 0.6) is 5.75 Å². The molecule has 0 fully saturated rings. The zero-order valence-electron chi connectivity index (χ0n) is 10.6. The first-order chi connectivity index (χ1) is 8.63. The number of carbonyl (C=O) groups is 1. The normalized spacial score (nSPS) is 9.79. The minimum Gasteiger partial charge on any atom is -0.483 e. The molecule has 0 unspecified atom stereocenters. The van der Waals surface area contributed by atoms with Crippen molar-refractivity contribution in [3.8, 4) is 5.75 Å². The average molecular weight is 309 g/mol. The quantitative estimate of drug-likeness (QED) is 0.711. The lowest BCUT2D eigenvalue weighted by atomic mass is 10.2. The van der Waals surface area contributed by atoms with Crippen LogP contribution in [0.3, 0.4) is 0 Å². The number of nitrogens with one attached hydrogen (secondary N) is 1. The topological polar surface area (TPSA) is 73.6 Å². The summed E-state index contributed by atoms with van der Waals surface area (Å²) in [6.45, 7) is 1.78. The van der Waals surface area contributed by atoms with E-state index in [2.05, 4.69) is 5.32 Å². The maximum atomic E-state index is 10.7. The van der Waals surface area contributed by atoms with Gasteiger partial charge in [-0.3, -0.25) is 4.79 Å². The van der Waals surface area contributed by atoms with Crippen molar-refractivity contribution in [2.24, 2.45) is 5.73 Å². The maximum absolute atomic E-state index is 10.7. The Labute approximate surface area is 123 Å². The van der Waals surface area contributed by atoms with Gasteiger partial charge in [0.05, 0.1) is 6.61 Å². The third kappa shape index (κ3) is 7.22. The van der Waals surface area contributed by atoms with Crippen molar-refractivity contribution in [2.45, 2.75) is 6.54 Å². The van der Waals surface area contributed by atoms with Gasteiger partial charge in [0.1, 0.15) is 5.75 Å². The number of benzene rings is 1. The van der Waals surface area contributed by atoms with Crippen LogP contribution in [-0.2, 0) is 16.1 Å². The van der Waals surface area contributed by atoms with E-state index in [-0.39, 0.29) is 19.0 Å². The van der Waals surface area contributed by atoms with Crippen LogP contribution in [0.15, 0.2) is 18.2 Å². The molecule has 1 amide bonds. The van der Waals surface area contributed by atoms with Gasteiger partial charge in [-0.15, -0.1) is 12.4 Å². The van der Waals surface area contributed by atoms with Gasteiger partial charge >= 0.3 is 0 Å². The molecule has 0 saturated carbocycles. The fourth-order valence-corrected chi connectivity index (χ4v) is 1.57. The fourth-order valence-electron chi connectivity index (χ4n) is 1.37. The molecule has 7 heteroatoms. The molecule has 0 atom stereocenters. The molecule has 0 saturated heterocycles. The van der Waals surface area contributed by atoms with Gasteiger partial charge < -0.3 is 20.5 Å². The number of carbonyl (C=O) groups excluding carboxylic acids is 1. The van der Waals surface area contributed by atoms with Crippen molar-refractivity contribution < 1.29 is 14.3 Å². The predicted octanol–water partition coefficient (Wildman–Crippen LogP) is 1.36. The van der Waals surface area contributed by atoms with Crippen LogP contribution in [0.25, 0.3) is 0 Å². The molecule has 0 spiro atoms. The molecule has 5 nitrogen and oxygen atoms in total. The smallest absolute Gasteiger partial charge is 0.255 e. The van der Waals surface area contributed by atoms with Crippen molar-refractivity contribution in [1.29, 1.82) is 0 Å². The number of nitrogens with two attached hydrogens (primary N) is 1. The molecular weight excluding hydrogens is 291 g/mol. The molecule has 0 bridgehead atoms. The summed E-state index contributed by atoms with van der Waals surface area (Å²) in [7, 11) is 1.64. The van der Waals surface area contributed by atoms with E-state index in [1.54, 1.807) is 25.3 Å². The summed E-state index contributed by atoms with van der Waals surface area (Å²) in [5.74, 6) is 0.0892. The number of rotatable bonds is 8. The Hall–Kier alpha value is -1.01. The first-order valence-electron chi connectivity index (χ1n) is 5.52. The third-order valence-electron chi connectivity index (χ3n) is 2.19. The van der Waals surface area contributed by atoms with Crippen molar-refractivity contribution in [3.63, 3.8) is 0 Å². The van der Waals surface area contributed by atoms with E-state index in [0.29, 0.717) is 23.9 Å². The van der Waals surface area contributed by atoms with Crippen LogP contribution in [-0.4, -0.2) is 32.8 Å². The van der Waals surface area contributed by atoms with Gasteiger partial charge in [-0.25, -0.2) is 0 Å². The lowest BCUT2D eigenvalue weighted by Gasteiger charge is -2.11. The SMILES string of the molecule is COCCNCc1cc(Cl)ccc1OCC(N)=O.Cl. The molecule has 0 aromatic heterocycles. The standard InChI is InChI=1S/C12H17ClN2O3.ClH/c1-17-5-4-15-7-9-6-10(13)2-3-11(9)18-8-12(14)16;/h2-3,6,15H,4-5,7-8H2,1H3,(H2,14,16);1H. The monoisotopic (exact) mass is 308 g/mol. The Bertz CT molecular complexity index is 403. The van der Waals surface area contributed by atoms with Crippen LogP contribution in [0, 0.1) is 0 Å². The summed E-state index contributed by atoms with van der Waals surface area (Å²) in [5, 5.41) is 3.79. The fraction of sp³-hybridized carbons (Fsp3) is 0.417. The second-order valence-corrected chi connectivity index (χ2v) is 4.11. The van der Waals surface area contributed by atoms with Crippen LogP contribution >= 0.6 is 24.0 Å². The number of amides is 1.